The highest BCUT2D eigenvalue weighted by atomic mass is 31.2. The summed E-state index contributed by atoms with van der Waals surface area (Å²) in [6.07, 6.45) is 33.8. The van der Waals surface area contributed by atoms with E-state index in [-0.39, 0.29) is 19.4 Å². The molecule has 0 rings (SSSR count). The Kier molecular flexibility index (Phi) is 33.6. The summed E-state index contributed by atoms with van der Waals surface area (Å²) in [4.78, 5) is 45.8. The van der Waals surface area contributed by atoms with Crippen molar-refractivity contribution in [3.63, 3.8) is 0 Å². The summed E-state index contributed by atoms with van der Waals surface area (Å²) >= 11 is 0. The van der Waals surface area contributed by atoms with Crippen LogP contribution in [0.15, 0.2) is 24.3 Å². The Morgan fingerprint density at radius 3 is 1.59 bits per heavy atom. The van der Waals surface area contributed by atoms with Crippen LogP contribution in [0.2, 0.25) is 0 Å². The second-order valence-electron chi connectivity index (χ2n) is 13.4. The molecule has 11 nitrogen and oxygen atoms in total. The van der Waals surface area contributed by atoms with Crippen molar-refractivity contribution >= 4 is 25.7 Å². The third-order valence-electron chi connectivity index (χ3n) is 8.45. The molecule has 0 saturated heterocycles. The van der Waals surface area contributed by atoms with Gasteiger partial charge in [0.15, 0.2) is 6.10 Å². The topological polar surface area (TPSA) is 172 Å². The van der Waals surface area contributed by atoms with Crippen molar-refractivity contribution in [2.24, 2.45) is 5.73 Å². The van der Waals surface area contributed by atoms with Crippen molar-refractivity contribution in [2.45, 2.75) is 187 Å². The van der Waals surface area contributed by atoms with Gasteiger partial charge in [-0.25, -0.2) is 4.57 Å². The maximum Gasteiger partial charge on any atom is 0.472 e. The highest BCUT2D eigenvalue weighted by Gasteiger charge is 2.28. The third-order valence-corrected chi connectivity index (χ3v) is 9.40. The number of carboxylic acids is 1. The minimum absolute atomic E-state index is 0.147. The smallest absolute Gasteiger partial charge is 0.472 e. The fourth-order valence-electron chi connectivity index (χ4n) is 5.26. The lowest BCUT2D eigenvalue weighted by Gasteiger charge is -2.20. The normalized spacial score (nSPS) is 14.1. The van der Waals surface area contributed by atoms with E-state index in [0.717, 1.165) is 64.2 Å². The van der Waals surface area contributed by atoms with Crippen LogP contribution in [0.5, 0.6) is 0 Å². The first kappa shape index (κ1) is 49.0. The van der Waals surface area contributed by atoms with Gasteiger partial charge in [-0.2, -0.15) is 0 Å². The van der Waals surface area contributed by atoms with Crippen LogP contribution in [-0.4, -0.2) is 59.9 Å². The number of hydrogen-bond acceptors (Lipinski definition) is 9. The fraction of sp³-hybridized carbons (Fsp3) is 0.821. The molecule has 0 saturated carbocycles. The number of carbonyl (C=O) groups is 3. The lowest BCUT2D eigenvalue weighted by atomic mass is 10.0. The van der Waals surface area contributed by atoms with Crippen LogP contribution in [0, 0.1) is 0 Å². The van der Waals surface area contributed by atoms with Gasteiger partial charge in [0.2, 0.25) is 0 Å². The van der Waals surface area contributed by atoms with Gasteiger partial charge in [0, 0.05) is 12.8 Å². The summed E-state index contributed by atoms with van der Waals surface area (Å²) in [5, 5.41) is 8.86. The van der Waals surface area contributed by atoms with Crippen LogP contribution < -0.4 is 5.73 Å². The number of phosphoric ester groups is 1. The number of hydrogen-bond donors (Lipinski definition) is 3. The first-order valence-electron chi connectivity index (χ1n) is 19.9. The monoisotopic (exact) mass is 745 g/mol. The Balaban J connectivity index is 4.44. The zero-order valence-corrected chi connectivity index (χ0v) is 32.8. The maximum atomic E-state index is 12.6. The Hall–Kier alpha value is -2.04. The second-order valence-corrected chi connectivity index (χ2v) is 14.9. The number of esters is 2. The van der Waals surface area contributed by atoms with Gasteiger partial charge in [-0.05, 0) is 38.5 Å². The number of carboxylic acid groups (broad SMARTS) is 1. The molecule has 4 N–H and O–H groups in total. The fourth-order valence-corrected chi connectivity index (χ4v) is 6.04. The molecular weight excluding hydrogens is 673 g/mol. The summed E-state index contributed by atoms with van der Waals surface area (Å²) in [7, 11) is -4.71. The van der Waals surface area contributed by atoms with E-state index in [4.69, 9.17) is 24.8 Å². The first-order chi connectivity index (χ1) is 24.6. The van der Waals surface area contributed by atoms with E-state index in [0.29, 0.717) is 12.8 Å². The van der Waals surface area contributed by atoms with Crippen LogP contribution in [-0.2, 0) is 37.5 Å². The summed E-state index contributed by atoms with van der Waals surface area (Å²) in [6.45, 7) is 2.74. The van der Waals surface area contributed by atoms with Crippen LogP contribution in [0.3, 0.4) is 0 Å². The highest BCUT2D eigenvalue weighted by Crippen LogP contribution is 2.43. The molecule has 0 aromatic carbocycles. The number of nitrogens with two attached hydrogens (primary N) is 1. The van der Waals surface area contributed by atoms with Gasteiger partial charge >= 0.3 is 25.7 Å². The van der Waals surface area contributed by atoms with Gasteiger partial charge in [-0.1, -0.05) is 147 Å². The number of ether oxygens (including phenoxy) is 2. The van der Waals surface area contributed by atoms with E-state index in [1.165, 1.54) is 70.6 Å². The summed E-state index contributed by atoms with van der Waals surface area (Å²) in [5.41, 5.74) is 5.32. The molecular formula is C39H72NO10P. The van der Waals surface area contributed by atoms with Crippen molar-refractivity contribution in [1.29, 1.82) is 0 Å². The van der Waals surface area contributed by atoms with Gasteiger partial charge in [-0.15, -0.1) is 0 Å². The molecule has 0 radical (unpaired) electrons. The number of carbonyl (C=O) groups excluding carboxylic acids is 2. The molecule has 298 valence electrons. The van der Waals surface area contributed by atoms with Crippen LogP contribution in [0.1, 0.15) is 174 Å². The molecule has 0 aliphatic rings. The molecule has 0 heterocycles. The van der Waals surface area contributed by atoms with E-state index in [1.807, 2.05) is 0 Å². The zero-order chi connectivity index (χ0) is 37.8. The van der Waals surface area contributed by atoms with Gasteiger partial charge in [0.1, 0.15) is 12.6 Å². The standard InChI is InChI=1S/C39H72NO10P/c1-3-5-7-9-11-13-15-17-19-21-23-25-27-29-31-38(42)50-35(33-48-51(45,46)49-34-36(40)39(43)44)32-47-37(41)30-28-26-24-22-20-18-16-14-12-10-8-6-4-2/h9,11,15,17,35-36H,3-8,10,12-14,16,18-34,40H2,1-2H3,(H,43,44)(H,45,46)/b11-9+,17-15+/t35-,36+/m1/s1. The molecule has 0 bridgehead atoms. The SMILES string of the molecule is CCCC/C=C/C/C=C/CCCCCCCC(=O)O[C@H](COC(=O)CCCCCCCCCCCCCCC)COP(=O)(O)OC[C@H](N)C(=O)O. The first-order valence-corrected chi connectivity index (χ1v) is 21.4. The summed E-state index contributed by atoms with van der Waals surface area (Å²) < 4.78 is 32.6. The van der Waals surface area contributed by atoms with Crippen molar-refractivity contribution < 1.29 is 47.5 Å². The van der Waals surface area contributed by atoms with Gasteiger partial charge in [0.05, 0.1) is 13.2 Å². The molecule has 3 atom stereocenters. The summed E-state index contributed by atoms with van der Waals surface area (Å²) in [6, 6.07) is -1.52. The predicted octanol–water partition coefficient (Wildman–Crippen LogP) is 9.89. The number of unbranched alkanes of at least 4 members (excludes halogenated alkanes) is 19. The maximum absolute atomic E-state index is 12.6. The summed E-state index contributed by atoms with van der Waals surface area (Å²) in [5.74, 6) is -2.39. The van der Waals surface area contributed by atoms with Gasteiger partial charge in [0.25, 0.3) is 0 Å². The largest absolute Gasteiger partial charge is 0.480 e. The third kappa shape index (κ3) is 34.8. The second kappa shape index (κ2) is 35.0. The highest BCUT2D eigenvalue weighted by molar-refractivity contribution is 7.47. The van der Waals surface area contributed by atoms with Crippen LogP contribution in [0.25, 0.3) is 0 Å². The minimum Gasteiger partial charge on any atom is -0.480 e. The molecule has 0 aromatic rings. The Bertz CT molecular complexity index is 974. The van der Waals surface area contributed by atoms with Crippen molar-refractivity contribution in [2.75, 3.05) is 19.8 Å². The molecule has 0 aliphatic heterocycles. The number of rotatable bonds is 37. The van der Waals surface area contributed by atoms with Crippen molar-refractivity contribution in [3.8, 4) is 0 Å². The Labute approximate surface area is 309 Å². The average Bonchev–Trinajstić information content (AvgIpc) is 3.10. The van der Waals surface area contributed by atoms with Crippen LogP contribution >= 0.6 is 7.82 Å². The van der Waals surface area contributed by atoms with Crippen molar-refractivity contribution in [3.05, 3.63) is 24.3 Å². The molecule has 0 fully saturated rings. The molecule has 0 spiro atoms. The van der Waals surface area contributed by atoms with E-state index in [1.54, 1.807) is 0 Å². The molecule has 12 heteroatoms. The lowest BCUT2D eigenvalue weighted by Crippen LogP contribution is -2.34. The van der Waals surface area contributed by atoms with E-state index in [9.17, 15) is 23.8 Å². The average molecular weight is 746 g/mol. The quantitative estimate of drug-likeness (QED) is 0.0239. The molecule has 0 aliphatic carbocycles. The molecule has 1 unspecified atom stereocenters. The number of allylic oxidation sites excluding steroid dienone is 4. The van der Waals surface area contributed by atoms with E-state index in [2.05, 4.69) is 42.7 Å². The number of phosphoric acid groups is 1. The Morgan fingerprint density at radius 1 is 0.608 bits per heavy atom. The van der Waals surface area contributed by atoms with E-state index >= 15 is 0 Å². The minimum atomic E-state index is -4.71. The molecule has 0 aromatic heterocycles. The molecule has 0 amide bonds. The molecule has 51 heavy (non-hydrogen) atoms. The lowest BCUT2D eigenvalue weighted by molar-refractivity contribution is -0.161. The van der Waals surface area contributed by atoms with Gasteiger partial charge in [-0.3, -0.25) is 23.4 Å². The van der Waals surface area contributed by atoms with Crippen molar-refractivity contribution in [1.82, 2.24) is 0 Å². The van der Waals surface area contributed by atoms with Crippen LogP contribution in [0.4, 0.5) is 0 Å². The Morgan fingerprint density at radius 2 is 1.06 bits per heavy atom. The van der Waals surface area contributed by atoms with E-state index < -0.39 is 51.1 Å². The van der Waals surface area contributed by atoms with Gasteiger partial charge < -0.3 is 25.2 Å². The predicted molar refractivity (Wildman–Crippen MR) is 203 cm³/mol. The zero-order valence-electron chi connectivity index (χ0n) is 31.9. The number of aliphatic carboxylic acids is 1.